The standard InChI is InChI=1S/C16H23BrN2O3/c1-16(2,3)22-15(21)19(4)10-6-9-14(20)18-13-8-5-7-12(17)11-13/h5,7-8,11H,6,9-10H2,1-4H3,(H,18,20). The van der Waals surface area contributed by atoms with Gasteiger partial charge in [0.2, 0.25) is 5.91 Å². The van der Waals surface area contributed by atoms with E-state index in [1.165, 1.54) is 4.90 Å². The predicted molar refractivity (Wildman–Crippen MR) is 90.9 cm³/mol. The maximum absolute atomic E-state index is 11.8. The van der Waals surface area contributed by atoms with E-state index in [2.05, 4.69) is 21.2 Å². The fraction of sp³-hybridized carbons (Fsp3) is 0.500. The van der Waals surface area contributed by atoms with Gasteiger partial charge in [0.15, 0.2) is 0 Å². The molecule has 0 aliphatic rings. The Morgan fingerprint density at radius 2 is 2.00 bits per heavy atom. The minimum absolute atomic E-state index is 0.0734. The van der Waals surface area contributed by atoms with Crippen LogP contribution < -0.4 is 5.32 Å². The van der Waals surface area contributed by atoms with Crippen molar-refractivity contribution in [3.63, 3.8) is 0 Å². The zero-order chi connectivity index (χ0) is 16.8. The second-order valence-corrected chi connectivity index (χ2v) is 6.98. The Bertz CT molecular complexity index is 526. The van der Waals surface area contributed by atoms with Gasteiger partial charge in [-0.2, -0.15) is 0 Å². The second-order valence-electron chi connectivity index (χ2n) is 6.06. The first kappa shape index (κ1) is 18.5. The monoisotopic (exact) mass is 370 g/mol. The molecule has 0 bridgehead atoms. The lowest BCUT2D eigenvalue weighted by Crippen LogP contribution is -2.35. The molecule has 0 saturated carbocycles. The number of nitrogens with zero attached hydrogens (tertiary/aromatic N) is 1. The second kappa shape index (κ2) is 8.17. The van der Waals surface area contributed by atoms with Gasteiger partial charge in [-0.05, 0) is 45.4 Å². The number of hydrogen-bond donors (Lipinski definition) is 1. The maximum Gasteiger partial charge on any atom is 0.410 e. The van der Waals surface area contributed by atoms with Gasteiger partial charge in [0.05, 0.1) is 0 Å². The number of anilines is 1. The lowest BCUT2D eigenvalue weighted by Gasteiger charge is -2.24. The average Bonchev–Trinajstić information content (AvgIpc) is 2.36. The van der Waals surface area contributed by atoms with Crippen molar-refractivity contribution >= 4 is 33.6 Å². The number of amides is 2. The van der Waals surface area contributed by atoms with Crippen LogP contribution in [0, 0.1) is 0 Å². The largest absolute Gasteiger partial charge is 0.444 e. The lowest BCUT2D eigenvalue weighted by molar-refractivity contribution is -0.116. The molecule has 0 unspecified atom stereocenters. The molecule has 22 heavy (non-hydrogen) atoms. The van der Waals surface area contributed by atoms with Gasteiger partial charge < -0.3 is 15.0 Å². The Morgan fingerprint density at radius 1 is 1.32 bits per heavy atom. The van der Waals surface area contributed by atoms with E-state index in [1.54, 1.807) is 7.05 Å². The van der Waals surface area contributed by atoms with Gasteiger partial charge in [-0.15, -0.1) is 0 Å². The smallest absolute Gasteiger partial charge is 0.410 e. The van der Waals surface area contributed by atoms with Gasteiger partial charge in [-0.3, -0.25) is 4.79 Å². The number of nitrogens with one attached hydrogen (secondary N) is 1. The van der Waals surface area contributed by atoms with Crippen molar-refractivity contribution in [1.29, 1.82) is 0 Å². The molecule has 0 atom stereocenters. The summed E-state index contributed by atoms with van der Waals surface area (Å²) in [5, 5.41) is 2.82. The Labute approximate surface area is 140 Å². The Hall–Kier alpha value is -1.56. The van der Waals surface area contributed by atoms with Crippen LogP contribution in [0.3, 0.4) is 0 Å². The molecule has 6 heteroatoms. The molecule has 0 aliphatic heterocycles. The van der Waals surface area contributed by atoms with Gasteiger partial charge in [0, 0.05) is 30.2 Å². The van der Waals surface area contributed by atoms with Crippen molar-refractivity contribution in [2.45, 2.75) is 39.2 Å². The summed E-state index contributed by atoms with van der Waals surface area (Å²) < 4.78 is 6.16. The maximum atomic E-state index is 11.8. The number of ether oxygens (including phenoxy) is 1. The third-order valence-corrected chi connectivity index (χ3v) is 3.20. The van der Waals surface area contributed by atoms with E-state index < -0.39 is 5.60 Å². The number of carbonyl (C=O) groups excluding carboxylic acids is 2. The molecule has 0 radical (unpaired) electrons. The number of halogens is 1. The minimum atomic E-state index is -0.511. The molecule has 0 spiro atoms. The highest BCUT2D eigenvalue weighted by molar-refractivity contribution is 9.10. The molecule has 1 aromatic carbocycles. The average molecular weight is 371 g/mol. The summed E-state index contributed by atoms with van der Waals surface area (Å²) >= 11 is 3.35. The van der Waals surface area contributed by atoms with Gasteiger partial charge in [0.1, 0.15) is 5.60 Å². The van der Waals surface area contributed by atoms with Gasteiger partial charge in [0.25, 0.3) is 0 Å². The fourth-order valence-corrected chi connectivity index (χ4v) is 2.10. The molecule has 0 saturated heterocycles. The van der Waals surface area contributed by atoms with Gasteiger partial charge in [-0.1, -0.05) is 22.0 Å². The molecule has 0 heterocycles. The highest BCUT2D eigenvalue weighted by Gasteiger charge is 2.19. The van der Waals surface area contributed by atoms with Crippen molar-refractivity contribution in [2.24, 2.45) is 0 Å². The molecule has 1 N–H and O–H groups in total. The lowest BCUT2D eigenvalue weighted by atomic mass is 10.2. The van der Waals surface area contributed by atoms with E-state index in [1.807, 2.05) is 45.0 Å². The summed E-state index contributed by atoms with van der Waals surface area (Å²) in [6.07, 6.45) is 0.551. The van der Waals surface area contributed by atoms with E-state index in [0.29, 0.717) is 19.4 Å². The summed E-state index contributed by atoms with van der Waals surface area (Å²) in [5.41, 5.74) is 0.239. The third kappa shape index (κ3) is 7.45. The summed E-state index contributed by atoms with van der Waals surface area (Å²) in [6.45, 7) is 5.94. The Kier molecular flexibility index (Phi) is 6.87. The van der Waals surface area contributed by atoms with Crippen LogP contribution in [0.2, 0.25) is 0 Å². The Morgan fingerprint density at radius 3 is 2.59 bits per heavy atom. The molecule has 0 aliphatic carbocycles. The topological polar surface area (TPSA) is 58.6 Å². The molecule has 5 nitrogen and oxygen atoms in total. The van der Waals surface area contributed by atoms with Crippen molar-refractivity contribution in [3.8, 4) is 0 Å². The number of benzene rings is 1. The van der Waals surface area contributed by atoms with Crippen molar-refractivity contribution in [3.05, 3.63) is 28.7 Å². The quantitative estimate of drug-likeness (QED) is 0.850. The zero-order valence-corrected chi connectivity index (χ0v) is 15.1. The molecule has 2 amide bonds. The summed E-state index contributed by atoms with van der Waals surface area (Å²) in [7, 11) is 1.67. The van der Waals surface area contributed by atoms with Crippen LogP contribution >= 0.6 is 15.9 Å². The summed E-state index contributed by atoms with van der Waals surface area (Å²) in [5.74, 6) is -0.0734. The Balaban J connectivity index is 2.31. The van der Waals surface area contributed by atoms with Gasteiger partial charge in [-0.25, -0.2) is 4.79 Å². The van der Waals surface area contributed by atoms with Crippen LogP contribution in [0.4, 0.5) is 10.5 Å². The van der Waals surface area contributed by atoms with Crippen LogP contribution in [-0.4, -0.2) is 36.1 Å². The predicted octanol–water partition coefficient (Wildman–Crippen LogP) is 4.03. The minimum Gasteiger partial charge on any atom is -0.444 e. The van der Waals surface area contributed by atoms with Crippen LogP contribution in [0.1, 0.15) is 33.6 Å². The molecule has 0 fully saturated rings. The van der Waals surface area contributed by atoms with Crippen LogP contribution in [-0.2, 0) is 9.53 Å². The molecule has 122 valence electrons. The number of rotatable bonds is 5. The molecular weight excluding hydrogens is 348 g/mol. The van der Waals surface area contributed by atoms with Crippen LogP contribution in [0.15, 0.2) is 28.7 Å². The van der Waals surface area contributed by atoms with E-state index >= 15 is 0 Å². The van der Waals surface area contributed by atoms with E-state index in [-0.39, 0.29) is 12.0 Å². The third-order valence-electron chi connectivity index (χ3n) is 2.71. The van der Waals surface area contributed by atoms with E-state index in [0.717, 1.165) is 10.2 Å². The van der Waals surface area contributed by atoms with Crippen LogP contribution in [0.5, 0.6) is 0 Å². The van der Waals surface area contributed by atoms with Crippen LogP contribution in [0.25, 0.3) is 0 Å². The van der Waals surface area contributed by atoms with Gasteiger partial charge >= 0.3 is 6.09 Å². The van der Waals surface area contributed by atoms with Crippen molar-refractivity contribution in [2.75, 3.05) is 18.9 Å². The van der Waals surface area contributed by atoms with E-state index in [4.69, 9.17) is 4.74 Å². The number of carbonyl (C=O) groups is 2. The fourth-order valence-electron chi connectivity index (χ4n) is 1.70. The summed E-state index contributed by atoms with van der Waals surface area (Å²) in [6, 6.07) is 7.42. The molecule has 1 rings (SSSR count). The van der Waals surface area contributed by atoms with Crippen molar-refractivity contribution < 1.29 is 14.3 Å². The number of hydrogen-bond acceptors (Lipinski definition) is 3. The zero-order valence-electron chi connectivity index (χ0n) is 13.5. The molecular formula is C16H23BrN2O3. The van der Waals surface area contributed by atoms with Crippen molar-refractivity contribution in [1.82, 2.24) is 4.90 Å². The first-order valence-electron chi connectivity index (χ1n) is 7.17. The summed E-state index contributed by atoms with van der Waals surface area (Å²) in [4.78, 5) is 25.1. The highest BCUT2D eigenvalue weighted by Crippen LogP contribution is 2.16. The normalized spacial score (nSPS) is 11.0. The first-order chi connectivity index (χ1) is 10.2. The molecule has 0 aromatic heterocycles. The van der Waals surface area contributed by atoms with E-state index in [9.17, 15) is 9.59 Å². The first-order valence-corrected chi connectivity index (χ1v) is 7.96. The SMILES string of the molecule is CN(CCCC(=O)Nc1cccc(Br)c1)C(=O)OC(C)(C)C. The highest BCUT2D eigenvalue weighted by atomic mass is 79.9. The molecule has 1 aromatic rings.